The maximum Gasteiger partial charge on any atom is 0.323 e. The van der Waals surface area contributed by atoms with Gasteiger partial charge in [-0.3, -0.25) is 9.59 Å². The number of nitrogens with zero attached hydrogens (tertiary/aromatic N) is 1. The fourth-order valence-electron chi connectivity index (χ4n) is 2.51. The van der Waals surface area contributed by atoms with E-state index in [1.807, 2.05) is 18.2 Å². The predicted molar refractivity (Wildman–Crippen MR) is 74.7 cm³/mol. The molecule has 1 aliphatic heterocycles. The zero-order chi connectivity index (χ0) is 14.3. The number of carboxylic acids is 1. The van der Waals surface area contributed by atoms with Crippen LogP contribution >= 0.6 is 15.9 Å². The Morgan fingerprint density at radius 1 is 1.40 bits per heavy atom. The molecule has 1 heterocycles. The molecule has 0 spiro atoms. The lowest BCUT2D eigenvalue weighted by Crippen LogP contribution is -2.40. The van der Waals surface area contributed by atoms with Crippen LogP contribution in [0.2, 0.25) is 0 Å². The number of carbonyl (C=O) groups is 2. The molecule has 0 saturated heterocycles. The Morgan fingerprint density at radius 2 is 2.15 bits per heavy atom. The topological polar surface area (TPSA) is 66.8 Å². The van der Waals surface area contributed by atoms with Crippen molar-refractivity contribution < 1.29 is 19.4 Å². The lowest BCUT2D eigenvalue weighted by atomic mass is 9.99. The van der Waals surface area contributed by atoms with Crippen molar-refractivity contribution >= 4 is 27.8 Å². The minimum Gasteiger partial charge on any atom is -0.492 e. The first-order valence-electron chi connectivity index (χ1n) is 6.51. The smallest absolute Gasteiger partial charge is 0.323 e. The van der Waals surface area contributed by atoms with Gasteiger partial charge in [0, 0.05) is 16.1 Å². The summed E-state index contributed by atoms with van der Waals surface area (Å²) in [6, 6.07) is 5.64. The summed E-state index contributed by atoms with van der Waals surface area (Å²) in [5.74, 6) is -0.814. The van der Waals surface area contributed by atoms with Crippen LogP contribution < -0.4 is 4.74 Å². The van der Waals surface area contributed by atoms with E-state index < -0.39 is 11.9 Å². The van der Waals surface area contributed by atoms with Crippen molar-refractivity contribution in [3.8, 4) is 5.75 Å². The molecule has 6 heteroatoms. The van der Waals surface area contributed by atoms with E-state index in [1.165, 1.54) is 4.90 Å². The molecule has 1 aliphatic carbocycles. The molecule has 1 N–H and O–H groups in total. The first-order chi connectivity index (χ1) is 9.56. The average Bonchev–Trinajstić information content (AvgIpc) is 3.15. The van der Waals surface area contributed by atoms with E-state index in [4.69, 9.17) is 9.84 Å². The van der Waals surface area contributed by atoms with Crippen molar-refractivity contribution in [1.82, 2.24) is 4.90 Å². The SMILES string of the molecule is O=C(O)CN(C(=O)C1COc2ccc(Br)cc21)C1CC1. The number of benzene rings is 1. The number of hydrogen-bond donors (Lipinski definition) is 1. The number of fused-ring (bicyclic) bond motifs is 1. The van der Waals surface area contributed by atoms with Crippen molar-refractivity contribution in [1.29, 1.82) is 0 Å². The highest BCUT2D eigenvalue weighted by atomic mass is 79.9. The normalized spacial score (nSPS) is 20.1. The van der Waals surface area contributed by atoms with Gasteiger partial charge in [0.2, 0.25) is 5.91 Å². The summed E-state index contributed by atoms with van der Waals surface area (Å²) < 4.78 is 6.41. The van der Waals surface area contributed by atoms with Crippen LogP contribution in [-0.2, 0) is 9.59 Å². The molecule has 3 rings (SSSR count). The molecule has 1 fully saturated rings. The van der Waals surface area contributed by atoms with Gasteiger partial charge in [-0.1, -0.05) is 15.9 Å². The monoisotopic (exact) mass is 339 g/mol. The van der Waals surface area contributed by atoms with E-state index in [2.05, 4.69) is 15.9 Å². The van der Waals surface area contributed by atoms with Crippen LogP contribution in [0.15, 0.2) is 22.7 Å². The summed E-state index contributed by atoms with van der Waals surface area (Å²) in [7, 11) is 0. The molecule has 106 valence electrons. The van der Waals surface area contributed by atoms with E-state index in [1.54, 1.807) is 0 Å². The third kappa shape index (κ3) is 2.52. The van der Waals surface area contributed by atoms with Crippen molar-refractivity contribution in [2.75, 3.05) is 13.2 Å². The summed E-state index contributed by atoms with van der Waals surface area (Å²) in [6.07, 6.45) is 1.77. The summed E-state index contributed by atoms with van der Waals surface area (Å²) in [4.78, 5) is 25.0. The second kappa shape index (κ2) is 5.09. The molecular weight excluding hydrogens is 326 g/mol. The van der Waals surface area contributed by atoms with Gasteiger partial charge in [0.1, 0.15) is 24.8 Å². The highest BCUT2D eigenvalue weighted by Crippen LogP contribution is 2.38. The molecule has 5 nitrogen and oxygen atoms in total. The Kier molecular flexibility index (Phi) is 3.41. The molecule has 0 bridgehead atoms. The fourth-order valence-corrected chi connectivity index (χ4v) is 2.89. The second-order valence-electron chi connectivity index (χ2n) is 5.14. The highest BCUT2D eigenvalue weighted by molar-refractivity contribution is 9.10. The molecule has 1 atom stereocenters. The van der Waals surface area contributed by atoms with Crippen LogP contribution in [-0.4, -0.2) is 41.1 Å². The number of hydrogen-bond acceptors (Lipinski definition) is 3. The van der Waals surface area contributed by atoms with Gasteiger partial charge < -0.3 is 14.7 Å². The lowest BCUT2D eigenvalue weighted by molar-refractivity contribution is -0.145. The van der Waals surface area contributed by atoms with Crippen molar-refractivity contribution in [2.24, 2.45) is 0 Å². The van der Waals surface area contributed by atoms with Gasteiger partial charge in [-0.2, -0.15) is 0 Å². The average molecular weight is 340 g/mol. The van der Waals surface area contributed by atoms with Crippen LogP contribution in [0.1, 0.15) is 24.3 Å². The Hall–Kier alpha value is -1.56. The molecule has 0 radical (unpaired) electrons. The quantitative estimate of drug-likeness (QED) is 0.911. The molecule has 1 amide bonds. The number of aliphatic carboxylic acids is 1. The fraction of sp³-hybridized carbons (Fsp3) is 0.429. The minimum absolute atomic E-state index is 0.0785. The van der Waals surface area contributed by atoms with E-state index in [0.717, 1.165) is 22.9 Å². The van der Waals surface area contributed by atoms with Gasteiger partial charge in [-0.25, -0.2) is 0 Å². The maximum absolute atomic E-state index is 12.6. The van der Waals surface area contributed by atoms with Gasteiger partial charge in [0.05, 0.1) is 0 Å². The summed E-state index contributed by atoms with van der Waals surface area (Å²) >= 11 is 3.39. The third-order valence-corrected chi connectivity index (χ3v) is 4.12. The Morgan fingerprint density at radius 3 is 2.80 bits per heavy atom. The van der Waals surface area contributed by atoms with Gasteiger partial charge in [0.25, 0.3) is 0 Å². The molecule has 1 unspecified atom stereocenters. The number of amides is 1. The van der Waals surface area contributed by atoms with Crippen LogP contribution in [0, 0.1) is 0 Å². The van der Waals surface area contributed by atoms with E-state index in [9.17, 15) is 9.59 Å². The second-order valence-corrected chi connectivity index (χ2v) is 6.05. The van der Waals surface area contributed by atoms with E-state index in [-0.39, 0.29) is 25.1 Å². The van der Waals surface area contributed by atoms with Crippen LogP contribution in [0.3, 0.4) is 0 Å². The van der Waals surface area contributed by atoms with E-state index >= 15 is 0 Å². The zero-order valence-corrected chi connectivity index (χ0v) is 12.3. The van der Waals surface area contributed by atoms with Crippen molar-refractivity contribution in [3.63, 3.8) is 0 Å². The molecule has 0 aromatic heterocycles. The number of rotatable bonds is 4. The lowest BCUT2D eigenvalue weighted by Gasteiger charge is -2.23. The van der Waals surface area contributed by atoms with Gasteiger partial charge in [0.15, 0.2) is 0 Å². The predicted octanol–water partition coefficient (Wildman–Crippen LogP) is 2.00. The molecule has 1 aromatic rings. The number of halogens is 1. The Balaban J connectivity index is 1.84. The zero-order valence-electron chi connectivity index (χ0n) is 10.7. The first-order valence-corrected chi connectivity index (χ1v) is 7.30. The number of ether oxygens (including phenoxy) is 1. The number of carboxylic acid groups (broad SMARTS) is 1. The van der Waals surface area contributed by atoms with E-state index in [0.29, 0.717) is 5.75 Å². The highest BCUT2D eigenvalue weighted by Gasteiger charge is 2.40. The Bertz CT molecular complexity index is 570. The van der Waals surface area contributed by atoms with Gasteiger partial charge in [-0.05, 0) is 31.0 Å². The molecule has 1 aromatic carbocycles. The largest absolute Gasteiger partial charge is 0.492 e. The molecule has 20 heavy (non-hydrogen) atoms. The number of carbonyl (C=O) groups excluding carboxylic acids is 1. The van der Waals surface area contributed by atoms with Crippen molar-refractivity contribution in [2.45, 2.75) is 24.8 Å². The maximum atomic E-state index is 12.6. The molecular formula is C14H14BrNO4. The standard InChI is InChI=1S/C14H14BrNO4/c15-8-1-4-12-10(5-8)11(7-20-12)14(19)16(6-13(17)18)9-2-3-9/h1,4-5,9,11H,2-3,6-7H2,(H,17,18). The van der Waals surface area contributed by atoms with Gasteiger partial charge in [-0.15, -0.1) is 0 Å². The summed E-state index contributed by atoms with van der Waals surface area (Å²) in [5.41, 5.74) is 0.834. The third-order valence-electron chi connectivity index (χ3n) is 3.63. The van der Waals surface area contributed by atoms with Crippen LogP contribution in [0.25, 0.3) is 0 Å². The Labute approximate surface area is 124 Å². The summed E-state index contributed by atoms with van der Waals surface area (Å²) in [6.45, 7) is 0.0524. The summed E-state index contributed by atoms with van der Waals surface area (Å²) in [5, 5.41) is 8.96. The first kappa shape index (κ1) is 13.4. The van der Waals surface area contributed by atoms with Gasteiger partial charge >= 0.3 is 5.97 Å². The molecule has 1 saturated carbocycles. The minimum atomic E-state index is -0.973. The molecule has 2 aliphatic rings. The van der Waals surface area contributed by atoms with Crippen molar-refractivity contribution in [3.05, 3.63) is 28.2 Å². The van der Waals surface area contributed by atoms with Crippen LogP contribution in [0.4, 0.5) is 0 Å². The van der Waals surface area contributed by atoms with Crippen LogP contribution in [0.5, 0.6) is 5.75 Å².